The van der Waals surface area contributed by atoms with Crippen LogP contribution in [0.25, 0.3) is 0 Å². The van der Waals surface area contributed by atoms with Gasteiger partial charge in [-0.15, -0.1) is 0 Å². The molecule has 6 heteroatoms. The molecular weight excluding hydrogens is 417 g/mol. The average molecular weight is 454 g/mol. The molecule has 0 bridgehead atoms. The molecule has 1 saturated heterocycles. The predicted molar refractivity (Wildman–Crippen MR) is 131 cm³/mol. The monoisotopic (exact) mass is 453 g/mol. The average Bonchev–Trinajstić information content (AvgIpc) is 2.75. The zero-order valence-electron chi connectivity index (χ0n) is 20.7. The Balaban J connectivity index is 1.84. The van der Waals surface area contributed by atoms with Crippen LogP contribution >= 0.6 is 0 Å². The smallest absolute Gasteiger partial charge is 0.253 e. The van der Waals surface area contributed by atoms with Gasteiger partial charge in [0.1, 0.15) is 5.82 Å². The minimum atomic E-state index is -0.192. The lowest BCUT2D eigenvalue weighted by Crippen LogP contribution is -2.46. The Labute approximate surface area is 197 Å². The molecule has 2 aromatic rings. The molecule has 0 aliphatic carbocycles. The van der Waals surface area contributed by atoms with Gasteiger partial charge >= 0.3 is 0 Å². The third-order valence-electron chi connectivity index (χ3n) is 6.52. The van der Waals surface area contributed by atoms with E-state index in [1.807, 2.05) is 76.0 Å². The Morgan fingerprint density at radius 3 is 2.33 bits per heavy atom. The van der Waals surface area contributed by atoms with E-state index in [1.54, 1.807) is 11.0 Å². The van der Waals surface area contributed by atoms with Crippen molar-refractivity contribution in [2.45, 2.75) is 33.6 Å². The standard InChI is InChI=1S/C27H36FN3O2/c1-18-14-23(27(33)30(6)12-11-29(4)5)15-19(2)25(18)31-17-21(13-20(3)26(31)32)16-22-9-7-8-10-24(22)28/h7-10,14-15,20-21H,11-13,16-17H2,1-6H3/t20-,21-/m1/s1. The van der Waals surface area contributed by atoms with Crippen LogP contribution in [-0.2, 0) is 11.2 Å². The summed E-state index contributed by atoms with van der Waals surface area (Å²) in [6.45, 7) is 7.85. The summed E-state index contributed by atoms with van der Waals surface area (Å²) in [7, 11) is 5.78. The summed E-state index contributed by atoms with van der Waals surface area (Å²) < 4.78 is 14.2. The fraction of sp³-hybridized carbons (Fsp3) is 0.481. The number of piperidine rings is 1. The van der Waals surface area contributed by atoms with Gasteiger partial charge in [-0.25, -0.2) is 4.39 Å². The molecule has 0 unspecified atom stereocenters. The molecule has 2 atom stereocenters. The van der Waals surface area contributed by atoms with E-state index in [1.165, 1.54) is 6.07 Å². The Morgan fingerprint density at radius 1 is 1.09 bits per heavy atom. The summed E-state index contributed by atoms with van der Waals surface area (Å²) in [5.74, 6) is -0.0829. The number of nitrogens with zero attached hydrogens (tertiary/aromatic N) is 3. The van der Waals surface area contributed by atoms with Crippen LogP contribution in [0.2, 0.25) is 0 Å². The van der Waals surface area contributed by atoms with Gasteiger partial charge in [0, 0.05) is 43.9 Å². The van der Waals surface area contributed by atoms with Gasteiger partial charge < -0.3 is 14.7 Å². The van der Waals surface area contributed by atoms with Gasteiger partial charge in [0.2, 0.25) is 5.91 Å². The van der Waals surface area contributed by atoms with Gasteiger partial charge in [-0.2, -0.15) is 0 Å². The zero-order chi connectivity index (χ0) is 24.3. The maximum atomic E-state index is 14.2. The Kier molecular flexibility index (Phi) is 7.90. The van der Waals surface area contributed by atoms with E-state index in [2.05, 4.69) is 0 Å². The number of hydrogen-bond acceptors (Lipinski definition) is 3. The first kappa shape index (κ1) is 24.9. The van der Waals surface area contributed by atoms with Gasteiger partial charge in [0.25, 0.3) is 5.91 Å². The van der Waals surface area contributed by atoms with E-state index < -0.39 is 0 Å². The molecule has 1 heterocycles. The fourth-order valence-electron chi connectivity index (χ4n) is 4.79. The second-order valence-electron chi connectivity index (χ2n) is 9.74. The molecule has 0 N–H and O–H groups in total. The van der Waals surface area contributed by atoms with Crippen molar-refractivity contribution >= 4 is 17.5 Å². The highest BCUT2D eigenvalue weighted by Gasteiger charge is 2.34. The van der Waals surface area contributed by atoms with Crippen molar-refractivity contribution in [1.82, 2.24) is 9.80 Å². The lowest BCUT2D eigenvalue weighted by molar-refractivity contribution is -0.124. The number of halogens is 1. The molecule has 1 fully saturated rings. The second kappa shape index (κ2) is 10.5. The van der Waals surface area contributed by atoms with Crippen LogP contribution in [0.4, 0.5) is 10.1 Å². The Hall–Kier alpha value is -2.73. The molecule has 2 amide bonds. The Morgan fingerprint density at radius 2 is 1.73 bits per heavy atom. The molecule has 0 radical (unpaired) electrons. The first-order valence-corrected chi connectivity index (χ1v) is 11.6. The van der Waals surface area contributed by atoms with E-state index in [-0.39, 0.29) is 29.5 Å². The van der Waals surface area contributed by atoms with Crippen LogP contribution in [0.3, 0.4) is 0 Å². The van der Waals surface area contributed by atoms with Crippen molar-refractivity contribution in [3.05, 3.63) is 64.5 Å². The third kappa shape index (κ3) is 5.80. The second-order valence-corrected chi connectivity index (χ2v) is 9.74. The number of likely N-dealkylation sites (N-methyl/N-ethyl adjacent to an activating group) is 2. The highest BCUT2D eigenvalue weighted by atomic mass is 19.1. The molecular formula is C27H36FN3O2. The van der Waals surface area contributed by atoms with Crippen molar-refractivity contribution in [3.63, 3.8) is 0 Å². The molecule has 3 rings (SSSR count). The predicted octanol–water partition coefficient (Wildman–Crippen LogP) is 4.31. The van der Waals surface area contributed by atoms with Crippen molar-refractivity contribution < 1.29 is 14.0 Å². The molecule has 0 spiro atoms. The minimum absolute atomic E-state index is 0.0228. The SMILES string of the molecule is Cc1cc(C(=O)N(C)CCN(C)C)cc(C)c1N1C[C@@H](Cc2ccccc2F)C[C@@H](C)C1=O. The number of benzene rings is 2. The van der Waals surface area contributed by atoms with E-state index in [0.717, 1.165) is 29.8 Å². The summed E-state index contributed by atoms with van der Waals surface area (Å²) in [4.78, 5) is 31.7. The van der Waals surface area contributed by atoms with Crippen molar-refractivity contribution in [2.75, 3.05) is 45.7 Å². The molecule has 1 aliphatic rings. The molecule has 33 heavy (non-hydrogen) atoms. The summed E-state index contributed by atoms with van der Waals surface area (Å²) in [5, 5.41) is 0. The number of carbonyl (C=O) groups is 2. The lowest BCUT2D eigenvalue weighted by Gasteiger charge is -2.38. The molecule has 1 aliphatic heterocycles. The molecule has 0 saturated carbocycles. The quantitative estimate of drug-likeness (QED) is 0.628. The lowest BCUT2D eigenvalue weighted by atomic mass is 9.84. The highest BCUT2D eigenvalue weighted by Crippen LogP contribution is 2.34. The third-order valence-corrected chi connectivity index (χ3v) is 6.52. The zero-order valence-corrected chi connectivity index (χ0v) is 20.7. The first-order chi connectivity index (χ1) is 15.6. The van der Waals surface area contributed by atoms with Crippen molar-refractivity contribution in [3.8, 4) is 0 Å². The summed E-state index contributed by atoms with van der Waals surface area (Å²) in [5.41, 5.74) is 4.02. The van der Waals surface area contributed by atoms with E-state index >= 15 is 0 Å². The van der Waals surface area contributed by atoms with E-state index in [9.17, 15) is 14.0 Å². The number of carbonyl (C=O) groups excluding carboxylic acids is 2. The van der Waals surface area contributed by atoms with Crippen LogP contribution < -0.4 is 4.90 Å². The summed E-state index contributed by atoms with van der Waals surface area (Å²) >= 11 is 0. The molecule has 5 nitrogen and oxygen atoms in total. The normalized spacial score (nSPS) is 18.7. The molecule has 178 valence electrons. The number of aryl methyl sites for hydroxylation is 2. The van der Waals surface area contributed by atoms with Crippen LogP contribution in [0.15, 0.2) is 36.4 Å². The van der Waals surface area contributed by atoms with Gasteiger partial charge in [-0.05, 0) is 81.6 Å². The maximum Gasteiger partial charge on any atom is 0.253 e. The number of anilines is 1. The van der Waals surface area contributed by atoms with Gasteiger partial charge in [-0.3, -0.25) is 9.59 Å². The van der Waals surface area contributed by atoms with Gasteiger partial charge in [0.05, 0.1) is 0 Å². The van der Waals surface area contributed by atoms with Crippen molar-refractivity contribution in [1.29, 1.82) is 0 Å². The first-order valence-electron chi connectivity index (χ1n) is 11.6. The largest absolute Gasteiger partial charge is 0.340 e. The summed E-state index contributed by atoms with van der Waals surface area (Å²) in [6.07, 6.45) is 1.35. The van der Waals surface area contributed by atoms with E-state index in [4.69, 9.17) is 0 Å². The topological polar surface area (TPSA) is 43.9 Å². The van der Waals surface area contributed by atoms with Gasteiger partial charge in [0.15, 0.2) is 0 Å². The summed E-state index contributed by atoms with van der Waals surface area (Å²) in [6, 6.07) is 10.6. The number of amides is 2. The highest BCUT2D eigenvalue weighted by molar-refractivity contribution is 5.99. The minimum Gasteiger partial charge on any atom is -0.340 e. The van der Waals surface area contributed by atoms with E-state index in [0.29, 0.717) is 30.6 Å². The van der Waals surface area contributed by atoms with Crippen molar-refractivity contribution in [2.24, 2.45) is 11.8 Å². The fourth-order valence-corrected chi connectivity index (χ4v) is 4.79. The van der Waals surface area contributed by atoms with Gasteiger partial charge in [-0.1, -0.05) is 25.1 Å². The van der Waals surface area contributed by atoms with Crippen LogP contribution in [0.5, 0.6) is 0 Å². The molecule has 2 aromatic carbocycles. The number of rotatable bonds is 7. The Bertz CT molecular complexity index is 997. The van der Waals surface area contributed by atoms with Crippen LogP contribution in [-0.4, -0.2) is 62.4 Å². The maximum absolute atomic E-state index is 14.2. The number of hydrogen-bond donors (Lipinski definition) is 0. The van der Waals surface area contributed by atoms with Crippen LogP contribution in [0.1, 0.15) is 40.4 Å². The molecule has 0 aromatic heterocycles. The van der Waals surface area contributed by atoms with Crippen LogP contribution in [0, 0.1) is 31.5 Å².